The molecular formula is C14H18N2O2. The van der Waals surface area contributed by atoms with Gasteiger partial charge >= 0.3 is 0 Å². The third-order valence-corrected chi connectivity index (χ3v) is 3.76. The third-order valence-electron chi connectivity index (χ3n) is 3.76. The van der Waals surface area contributed by atoms with Gasteiger partial charge in [-0.25, -0.2) is 0 Å². The molecule has 2 heterocycles. The average Bonchev–Trinajstić information content (AvgIpc) is 2.95. The highest BCUT2D eigenvalue weighted by atomic mass is 16.5. The molecule has 0 spiro atoms. The number of rotatable bonds is 3. The number of aryl methyl sites for hydroxylation is 3. The van der Waals surface area contributed by atoms with Crippen LogP contribution >= 0.6 is 0 Å². The van der Waals surface area contributed by atoms with Crippen molar-refractivity contribution < 1.29 is 8.94 Å². The lowest BCUT2D eigenvalue weighted by atomic mass is 9.93. The molecular weight excluding hydrogens is 228 g/mol. The van der Waals surface area contributed by atoms with E-state index in [-0.39, 0.29) is 0 Å². The van der Waals surface area contributed by atoms with E-state index in [4.69, 9.17) is 8.94 Å². The molecule has 0 amide bonds. The molecule has 0 radical (unpaired) electrons. The summed E-state index contributed by atoms with van der Waals surface area (Å²) in [4.78, 5) is 0. The summed E-state index contributed by atoms with van der Waals surface area (Å²) in [7, 11) is 0. The van der Waals surface area contributed by atoms with Gasteiger partial charge in [-0.15, -0.1) is 0 Å². The number of fused-ring (bicyclic) bond motifs is 1. The molecule has 0 saturated heterocycles. The topological polar surface area (TPSA) is 51.2 Å². The summed E-state index contributed by atoms with van der Waals surface area (Å²) in [5.41, 5.74) is 3.46. The smallest absolute Gasteiger partial charge is 0.138 e. The van der Waals surface area contributed by atoms with Crippen LogP contribution in [0.25, 0.3) is 0 Å². The minimum atomic E-state index is 0.390. The average molecular weight is 246 g/mol. The van der Waals surface area contributed by atoms with Crippen LogP contribution in [0.15, 0.2) is 21.3 Å². The van der Waals surface area contributed by atoms with Crippen LogP contribution in [0, 0.1) is 13.8 Å². The Kier molecular flexibility index (Phi) is 2.96. The number of hydrogen-bond donors (Lipinski definition) is 1. The SMILES string of the molecule is Cc1noc(C)c1CNC1CCCc2occc21. The monoisotopic (exact) mass is 246 g/mol. The second-order valence-electron chi connectivity index (χ2n) is 4.93. The molecule has 0 aliphatic heterocycles. The fraction of sp³-hybridized carbons (Fsp3) is 0.500. The second kappa shape index (κ2) is 4.61. The Bertz CT molecular complexity index is 522. The summed E-state index contributed by atoms with van der Waals surface area (Å²) >= 11 is 0. The van der Waals surface area contributed by atoms with Crippen LogP contribution in [0.4, 0.5) is 0 Å². The van der Waals surface area contributed by atoms with Crippen molar-refractivity contribution in [2.75, 3.05) is 0 Å². The predicted molar refractivity (Wildman–Crippen MR) is 67.2 cm³/mol. The highest BCUT2D eigenvalue weighted by Gasteiger charge is 2.22. The molecule has 1 unspecified atom stereocenters. The molecule has 1 aliphatic carbocycles. The van der Waals surface area contributed by atoms with Gasteiger partial charge in [0.1, 0.15) is 11.5 Å². The van der Waals surface area contributed by atoms with Crippen LogP contribution in [-0.4, -0.2) is 5.16 Å². The van der Waals surface area contributed by atoms with Crippen molar-refractivity contribution in [1.29, 1.82) is 0 Å². The van der Waals surface area contributed by atoms with Crippen LogP contribution < -0.4 is 5.32 Å². The Labute approximate surface area is 106 Å². The van der Waals surface area contributed by atoms with Crippen LogP contribution in [0.5, 0.6) is 0 Å². The zero-order valence-corrected chi connectivity index (χ0v) is 10.8. The first-order valence-corrected chi connectivity index (χ1v) is 6.47. The minimum absolute atomic E-state index is 0.390. The molecule has 0 aromatic carbocycles. The standard InChI is InChI=1S/C14H18N2O2/c1-9-12(10(2)18-16-9)8-15-13-4-3-5-14-11(13)6-7-17-14/h6-7,13,15H,3-5,8H2,1-2H3. The summed E-state index contributed by atoms with van der Waals surface area (Å²) in [5.74, 6) is 2.04. The van der Waals surface area contributed by atoms with E-state index in [0.717, 1.165) is 36.6 Å². The molecule has 0 fully saturated rings. The summed E-state index contributed by atoms with van der Waals surface area (Å²) in [6, 6.07) is 2.47. The quantitative estimate of drug-likeness (QED) is 0.904. The number of hydrogen-bond acceptors (Lipinski definition) is 4. The second-order valence-corrected chi connectivity index (χ2v) is 4.93. The molecule has 2 aromatic heterocycles. The van der Waals surface area contributed by atoms with Crippen LogP contribution in [0.2, 0.25) is 0 Å². The van der Waals surface area contributed by atoms with Gasteiger partial charge in [0, 0.05) is 30.1 Å². The van der Waals surface area contributed by atoms with Gasteiger partial charge in [0.2, 0.25) is 0 Å². The Morgan fingerprint density at radius 3 is 3.11 bits per heavy atom. The van der Waals surface area contributed by atoms with E-state index in [1.807, 2.05) is 13.8 Å². The summed E-state index contributed by atoms with van der Waals surface area (Å²) in [6.45, 7) is 4.75. The van der Waals surface area contributed by atoms with Crippen molar-refractivity contribution in [3.05, 3.63) is 40.7 Å². The molecule has 4 heteroatoms. The summed E-state index contributed by atoms with van der Waals surface area (Å²) < 4.78 is 10.7. The molecule has 3 rings (SSSR count). The van der Waals surface area contributed by atoms with Crippen molar-refractivity contribution in [3.8, 4) is 0 Å². The van der Waals surface area contributed by atoms with E-state index in [2.05, 4.69) is 16.5 Å². The van der Waals surface area contributed by atoms with Crippen LogP contribution in [0.3, 0.4) is 0 Å². The molecule has 18 heavy (non-hydrogen) atoms. The Hall–Kier alpha value is -1.55. The molecule has 1 N–H and O–H groups in total. The highest BCUT2D eigenvalue weighted by Crippen LogP contribution is 2.30. The Balaban J connectivity index is 1.72. The van der Waals surface area contributed by atoms with Crippen molar-refractivity contribution in [1.82, 2.24) is 10.5 Å². The van der Waals surface area contributed by atoms with Crippen molar-refractivity contribution >= 4 is 0 Å². The van der Waals surface area contributed by atoms with E-state index in [1.165, 1.54) is 17.5 Å². The maximum atomic E-state index is 5.50. The van der Waals surface area contributed by atoms with Gasteiger partial charge in [0.15, 0.2) is 0 Å². The lowest BCUT2D eigenvalue weighted by Gasteiger charge is -2.22. The van der Waals surface area contributed by atoms with Crippen molar-refractivity contribution in [3.63, 3.8) is 0 Å². The van der Waals surface area contributed by atoms with Gasteiger partial charge in [-0.05, 0) is 32.8 Å². The largest absolute Gasteiger partial charge is 0.469 e. The van der Waals surface area contributed by atoms with E-state index >= 15 is 0 Å². The number of furan rings is 1. The van der Waals surface area contributed by atoms with Crippen LogP contribution in [0.1, 0.15) is 47.2 Å². The molecule has 2 aromatic rings. The molecule has 1 atom stereocenters. The lowest BCUT2D eigenvalue weighted by Crippen LogP contribution is -2.24. The van der Waals surface area contributed by atoms with E-state index < -0.39 is 0 Å². The first-order chi connectivity index (χ1) is 8.75. The van der Waals surface area contributed by atoms with Gasteiger partial charge in [0.05, 0.1) is 12.0 Å². The first-order valence-electron chi connectivity index (χ1n) is 6.47. The van der Waals surface area contributed by atoms with E-state index in [1.54, 1.807) is 6.26 Å². The molecule has 0 bridgehead atoms. The van der Waals surface area contributed by atoms with Gasteiger partial charge in [-0.1, -0.05) is 5.16 Å². The number of aromatic nitrogens is 1. The normalized spacial score (nSPS) is 18.9. The molecule has 96 valence electrons. The molecule has 4 nitrogen and oxygen atoms in total. The predicted octanol–water partition coefficient (Wildman–Crippen LogP) is 3.05. The van der Waals surface area contributed by atoms with E-state index in [9.17, 15) is 0 Å². The Morgan fingerprint density at radius 2 is 2.33 bits per heavy atom. The zero-order chi connectivity index (χ0) is 12.5. The fourth-order valence-electron chi connectivity index (χ4n) is 2.68. The maximum absolute atomic E-state index is 5.50. The maximum Gasteiger partial charge on any atom is 0.138 e. The highest BCUT2D eigenvalue weighted by molar-refractivity contribution is 5.25. The van der Waals surface area contributed by atoms with Gasteiger partial charge < -0.3 is 14.3 Å². The van der Waals surface area contributed by atoms with Gasteiger partial charge in [-0.3, -0.25) is 0 Å². The van der Waals surface area contributed by atoms with Gasteiger partial charge in [-0.2, -0.15) is 0 Å². The first kappa shape index (κ1) is 11.5. The lowest BCUT2D eigenvalue weighted by molar-refractivity contribution is 0.389. The minimum Gasteiger partial charge on any atom is -0.469 e. The number of nitrogens with zero attached hydrogens (tertiary/aromatic N) is 1. The van der Waals surface area contributed by atoms with E-state index in [0.29, 0.717) is 6.04 Å². The molecule has 1 aliphatic rings. The zero-order valence-electron chi connectivity index (χ0n) is 10.8. The van der Waals surface area contributed by atoms with Crippen molar-refractivity contribution in [2.45, 2.75) is 45.7 Å². The third kappa shape index (κ3) is 1.97. The summed E-state index contributed by atoms with van der Waals surface area (Å²) in [6.07, 6.45) is 5.20. The molecule has 0 saturated carbocycles. The van der Waals surface area contributed by atoms with Gasteiger partial charge in [0.25, 0.3) is 0 Å². The number of nitrogens with one attached hydrogen (secondary N) is 1. The fourth-order valence-corrected chi connectivity index (χ4v) is 2.68. The Morgan fingerprint density at radius 1 is 1.44 bits per heavy atom. The van der Waals surface area contributed by atoms with Crippen molar-refractivity contribution in [2.24, 2.45) is 0 Å². The summed E-state index contributed by atoms with van der Waals surface area (Å²) in [5, 5.41) is 7.57. The van der Waals surface area contributed by atoms with Crippen LogP contribution in [-0.2, 0) is 13.0 Å².